The monoisotopic (exact) mass is 368 g/mol. The van der Waals surface area contributed by atoms with E-state index in [0.29, 0.717) is 6.07 Å². The summed E-state index contributed by atoms with van der Waals surface area (Å²) >= 11 is 0. The summed E-state index contributed by atoms with van der Waals surface area (Å²) in [6, 6.07) is 7.37. The summed E-state index contributed by atoms with van der Waals surface area (Å²) in [6.45, 7) is 3.54. The lowest BCUT2D eigenvalue weighted by molar-refractivity contribution is -0.116. The number of amides is 1. The molecule has 0 aliphatic rings. The van der Waals surface area contributed by atoms with Gasteiger partial charge in [0.25, 0.3) is 0 Å². The summed E-state index contributed by atoms with van der Waals surface area (Å²) in [4.78, 5) is 11.9. The van der Waals surface area contributed by atoms with Crippen LogP contribution in [0.3, 0.4) is 0 Å². The fourth-order valence-corrected chi connectivity index (χ4v) is 3.23. The maximum absolute atomic E-state index is 13.1. The molecule has 0 saturated heterocycles. The van der Waals surface area contributed by atoms with Gasteiger partial charge in [-0.15, -0.1) is 0 Å². The number of benzene rings is 2. The van der Waals surface area contributed by atoms with Crippen LogP contribution in [0, 0.1) is 25.5 Å². The number of rotatable bonds is 6. The van der Waals surface area contributed by atoms with Crippen molar-refractivity contribution < 1.29 is 22.0 Å². The van der Waals surface area contributed by atoms with Gasteiger partial charge in [0.05, 0.1) is 4.90 Å². The zero-order valence-corrected chi connectivity index (χ0v) is 14.6. The van der Waals surface area contributed by atoms with E-state index < -0.39 is 27.6 Å². The second kappa shape index (κ2) is 7.71. The molecule has 0 aliphatic carbocycles. The highest BCUT2D eigenvalue weighted by Crippen LogP contribution is 2.15. The van der Waals surface area contributed by atoms with Gasteiger partial charge >= 0.3 is 0 Å². The van der Waals surface area contributed by atoms with Crippen LogP contribution in [-0.4, -0.2) is 20.9 Å². The standard InChI is InChI=1S/C17H18F2N2O3S/c1-11-3-4-16(7-12(11)2)25(23,24)20-6-5-17(22)21-15-9-13(18)8-14(19)10-15/h3-4,7-10,20H,5-6H2,1-2H3,(H,21,22). The summed E-state index contributed by atoms with van der Waals surface area (Å²) in [5.74, 6) is -2.19. The van der Waals surface area contributed by atoms with E-state index in [1.54, 1.807) is 19.1 Å². The topological polar surface area (TPSA) is 75.3 Å². The number of hydrogen-bond donors (Lipinski definition) is 2. The van der Waals surface area contributed by atoms with Gasteiger partial charge in [0, 0.05) is 24.7 Å². The highest BCUT2D eigenvalue weighted by molar-refractivity contribution is 7.89. The third kappa shape index (κ3) is 5.33. The predicted molar refractivity (Wildman–Crippen MR) is 90.7 cm³/mol. The Hall–Kier alpha value is -2.32. The first kappa shape index (κ1) is 19.0. The van der Waals surface area contributed by atoms with Crippen LogP contribution in [-0.2, 0) is 14.8 Å². The van der Waals surface area contributed by atoms with Crippen molar-refractivity contribution in [2.75, 3.05) is 11.9 Å². The van der Waals surface area contributed by atoms with Gasteiger partial charge in [-0.1, -0.05) is 6.07 Å². The minimum absolute atomic E-state index is 0.0282. The van der Waals surface area contributed by atoms with E-state index in [9.17, 15) is 22.0 Å². The van der Waals surface area contributed by atoms with Crippen molar-refractivity contribution in [3.8, 4) is 0 Å². The molecular formula is C17H18F2N2O3S. The van der Waals surface area contributed by atoms with Crippen LogP contribution < -0.4 is 10.0 Å². The number of anilines is 1. The first-order valence-corrected chi connectivity index (χ1v) is 8.98. The van der Waals surface area contributed by atoms with Gasteiger partial charge < -0.3 is 5.32 Å². The van der Waals surface area contributed by atoms with Gasteiger partial charge in [-0.2, -0.15) is 0 Å². The number of carbonyl (C=O) groups is 1. The average Bonchev–Trinajstić information content (AvgIpc) is 2.48. The Labute approximate surface area is 145 Å². The average molecular weight is 368 g/mol. The first-order valence-electron chi connectivity index (χ1n) is 7.50. The highest BCUT2D eigenvalue weighted by Gasteiger charge is 2.15. The number of nitrogens with one attached hydrogen (secondary N) is 2. The molecule has 0 spiro atoms. The molecule has 0 bridgehead atoms. The van der Waals surface area contributed by atoms with Crippen LogP contribution in [0.25, 0.3) is 0 Å². The van der Waals surface area contributed by atoms with Crippen molar-refractivity contribution in [1.82, 2.24) is 4.72 Å². The van der Waals surface area contributed by atoms with E-state index in [1.807, 2.05) is 6.92 Å². The molecule has 0 saturated carbocycles. The second-order valence-electron chi connectivity index (χ2n) is 5.60. The van der Waals surface area contributed by atoms with Gasteiger partial charge in [-0.3, -0.25) is 4.79 Å². The lowest BCUT2D eigenvalue weighted by atomic mass is 10.1. The minimum Gasteiger partial charge on any atom is -0.326 e. The Bertz CT molecular complexity index is 879. The van der Waals surface area contributed by atoms with Crippen molar-refractivity contribution in [3.05, 3.63) is 59.2 Å². The SMILES string of the molecule is Cc1ccc(S(=O)(=O)NCCC(=O)Nc2cc(F)cc(F)c2)cc1C. The zero-order valence-electron chi connectivity index (χ0n) is 13.8. The van der Waals surface area contributed by atoms with E-state index in [1.165, 1.54) is 6.07 Å². The first-order chi connectivity index (χ1) is 11.7. The summed E-state index contributed by atoms with van der Waals surface area (Å²) in [6.07, 6.45) is -0.178. The predicted octanol–water partition coefficient (Wildman–Crippen LogP) is 2.89. The Morgan fingerprint density at radius 3 is 2.24 bits per heavy atom. The number of aryl methyl sites for hydroxylation is 2. The maximum Gasteiger partial charge on any atom is 0.240 e. The van der Waals surface area contributed by atoms with E-state index in [2.05, 4.69) is 10.0 Å². The molecule has 0 aromatic heterocycles. The fraction of sp³-hybridized carbons (Fsp3) is 0.235. The second-order valence-corrected chi connectivity index (χ2v) is 7.37. The quantitative estimate of drug-likeness (QED) is 0.823. The Balaban J connectivity index is 1.92. The van der Waals surface area contributed by atoms with Crippen molar-refractivity contribution in [2.45, 2.75) is 25.2 Å². The molecule has 0 atom stereocenters. The van der Waals surface area contributed by atoms with E-state index in [4.69, 9.17) is 0 Å². The number of sulfonamides is 1. The third-order valence-corrected chi connectivity index (χ3v) is 5.04. The molecule has 25 heavy (non-hydrogen) atoms. The lowest BCUT2D eigenvalue weighted by Gasteiger charge is -2.09. The molecule has 1 amide bonds. The molecule has 5 nitrogen and oxygen atoms in total. The van der Waals surface area contributed by atoms with Crippen LogP contribution in [0.5, 0.6) is 0 Å². The summed E-state index contributed by atoms with van der Waals surface area (Å²) in [5, 5.41) is 2.31. The Morgan fingerprint density at radius 2 is 1.64 bits per heavy atom. The smallest absolute Gasteiger partial charge is 0.240 e. The maximum atomic E-state index is 13.1. The number of halogens is 2. The van der Waals surface area contributed by atoms with Crippen LogP contribution in [0.4, 0.5) is 14.5 Å². The minimum atomic E-state index is -3.73. The van der Waals surface area contributed by atoms with E-state index >= 15 is 0 Å². The van der Waals surface area contributed by atoms with Gasteiger partial charge in [0.2, 0.25) is 15.9 Å². The van der Waals surface area contributed by atoms with E-state index in [-0.39, 0.29) is 23.5 Å². The van der Waals surface area contributed by atoms with Gasteiger partial charge in [0.1, 0.15) is 11.6 Å². The Morgan fingerprint density at radius 1 is 1.00 bits per heavy atom. The molecular weight excluding hydrogens is 350 g/mol. The highest BCUT2D eigenvalue weighted by atomic mass is 32.2. The molecule has 0 fully saturated rings. The fourth-order valence-electron chi connectivity index (χ4n) is 2.11. The molecule has 0 aliphatic heterocycles. The summed E-state index contributed by atoms with van der Waals surface area (Å²) < 4.78 is 52.8. The van der Waals surface area contributed by atoms with Crippen LogP contribution in [0.15, 0.2) is 41.3 Å². The molecule has 2 N–H and O–H groups in total. The lowest BCUT2D eigenvalue weighted by Crippen LogP contribution is -2.28. The van der Waals surface area contributed by atoms with Crippen LogP contribution >= 0.6 is 0 Å². The molecule has 8 heteroatoms. The van der Waals surface area contributed by atoms with Gasteiger partial charge in [0.15, 0.2) is 0 Å². The molecule has 134 valence electrons. The van der Waals surface area contributed by atoms with Crippen molar-refractivity contribution >= 4 is 21.6 Å². The molecule has 2 rings (SSSR count). The van der Waals surface area contributed by atoms with Gasteiger partial charge in [-0.05, 0) is 49.2 Å². The van der Waals surface area contributed by atoms with Crippen LogP contribution in [0.2, 0.25) is 0 Å². The molecule has 2 aromatic carbocycles. The van der Waals surface area contributed by atoms with Crippen molar-refractivity contribution in [2.24, 2.45) is 0 Å². The molecule has 0 radical (unpaired) electrons. The largest absolute Gasteiger partial charge is 0.326 e. The van der Waals surface area contributed by atoms with Crippen LogP contribution in [0.1, 0.15) is 17.5 Å². The zero-order chi connectivity index (χ0) is 18.6. The van der Waals surface area contributed by atoms with Crippen molar-refractivity contribution in [1.29, 1.82) is 0 Å². The number of hydrogen-bond acceptors (Lipinski definition) is 3. The third-order valence-electron chi connectivity index (χ3n) is 3.58. The molecule has 2 aromatic rings. The molecule has 0 unspecified atom stereocenters. The summed E-state index contributed by atoms with van der Waals surface area (Å²) in [5.41, 5.74) is 1.79. The summed E-state index contributed by atoms with van der Waals surface area (Å²) in [7, 11) is -3.73. The normalized spacial score (nSPS) is 11.4. The number of carbonyl (C=O) groups excluding carboxylic acids is 1. The van der Waals surface area contributed by atoms with Gasteiger partial charge in [-0.25, -0.2) is 21.9 Å². The van der Waals surface area contributed by atoms with Crippen molar-refractivity contribution in [3.63, 3.8) is 0 Å². The molecule has 0 heterocycles. The Kier molecular flexibility index (Phi) is 5.86. The van der Waals surface area contributed by atoms with E-state index in [0.717, 1.165) is 23.3 Å².